The first-order valence-corrected chi connectivity index (χ1v) is 11.7. The number of aryl methyl sites for hydroxylation is 1. The summed E-state index contributed by atoms with van der Waals surface area (Å²) in [6.07, 6.45) is 0.735. The zero-order chi connectivity index (χ0) is 24.9. The highest BCUT2D eigenvalue weighted by molar-refractivity contribution is 9.10. The molecule has 0 bridgehead atoms. The number of halogens is 1. The molecule has 0 N–H and O–H groups in total. The highest BCUT2D eigenvalue weighted by Crippen LogP contribution is 2.28. The number of esters is 2. The van der Waals surface area contributed by atoms with E-state index in [0.717, 1.165) is 6.42 Å². The number of fused-ring (bicyclic) bond motifs is 1. The molecule has 178 valence electrons. The third-order valence-corrected chi connectivity index (χ3v) is 5.73. The van der Waals surface area contributed by atoms with Crippen molar-refractivity contribution in [3.8, 4) is 17.2 Å². The average Bonchev–Trinajstić information content (AvgIpc) is 2.85. The van der Waals surface area contributed by atoms with Crippen molar-refractivity contribution in [3.05, 3.63) is 98.3 Å². The minimum atomic E-state index is -0.544. The molecule has 0 aliphatic rings. The van der Waals surface area contributed by atoms with Gasteiger partial charge in [-0.25, -0.2) is 9.59 Å². The molecule has 0 saturated heterocycles. The van der Waals surface area contributed by atoms with Gasteiger partial charge in [0.25, 0.3) is 0 Å². The van der Waals surface area contributed by atoms with E-state index in [0.29, 0.717) is 28.0 Å². The van der Waals surface area contributed by atoms with Crippen molar-refractivity contribution in [1.29, 1.82) is 0 Å². The zero-order valence-corrected chi connectivity index (χ0v) is 20.6. The topological polar surface area (TPSA) is 92.0 Å². The Morgan fingerprint density at radius 1 is 0.943 bits per heavy atom. The van der Waals surface area contributed by atoms with Crippen LogP contribution in [0.5, 0.6) is 17.2 Å². The molecule has 0 unspecified atom stereocenters. The Kier molecular flexibility index (Phi) is 7.31. The summed E-state index contributed by atoms with van der Waals surface area (Å²) in [7, 11) is 0. The van der Waals surface area contributed by atoms with E-state index >= 15 is 0 Å². The monoisotopic (exact) mass is 536 g/mol. The summed E-state index contributed by atoms with van der Waals surface area (Å²) in [4.78, 5) is 37.5. The summed E-state index contributed by atoms with van der Waals surface area (Å²) in [6, 6.07) is 17.7. The van der Waals surface area contributed by atoms with Gasteiger partial charge in [-0.05, 0) is 77.8 Å². The number of carbonyl (C=O) groups is 2. The Morgan fingerprint density at radius 2 is 1.66 bits per heavy atom. The van der Waals surface area contributed by atoms with Crippen molar-refractivity contribution in [2.45, 2.75) is 20.3 Å². The van der Waals surface area contributed by atoms with Crippen molar-refractivity contribution >= 4 is 38.8 Å². The number of hydrogen-bond acceptors (Lipinski definition) is 7. The van der Waals surface area contributed by atoms with Gasteiger partial charge >= 0.3 is 11.9 Å². The van der Waals surface area contributed by atoms with Gasteiger partial charge in [-0.3, -0.25) is 4.79 Å². The molecule has 0 aliphatic carbocycles. The van der Waals surface area contributed by atoms with Gasteiger partial charge in [0.05, 0.1) is 23.1 Å². The first-order chi connectivity index (χ1) is 16.9. The lowest BCUT2D eigenvalue weighted by atomic mass is 10.2. The Hall–Kier alpha value is -3.91. The normalized spacial score (nSPS) is 10.7. The second kappa shape index (κ2) is 10.6. The molecule has 1 aromatic heterocycles. The summed E-state index contributed by atoms with van der Waals surface area (Å²) in [5.74, 6) is -0.0837. The van der Waals surface area contributed by atoms with E-state index in [2.05, 4.69) is 15.9 Å². The quantitative estimate of drug-likeness (QED) is 0.198. The van der Waals surface area contributed by atoms with E-state index in [1.165, 1.54) is 18.2 Å². The van der Waals surface area contributed by atoms with Gasteiger partial charge in [0.2, 0.25) is 11.2 Å². The molecule has 35 heavy (non-hydrogen) atoms. The van der Waals surface area contributed by atoms with Crippen molar-refractivity contribution in [2.24, 2.45) is 0 Å². The van der Waals surface area contributed by atoms with Crippen LogP contribution in [0.15, 0.2) is 80.4 Å². The molecule has 0 atom stereocenters. The van der Waals surface area contributed by atoms with Crippen LogP contribution in [0.25, 0.3) is 11.0 Å². The first-order valence-electron chi connectivity index (χ1n) is 10.9. The predicted molar refractivity (Wildman–Crippen MR) is 133 cm³/mol. The smallest absolute Gasteiger partial charge is 0.344 e. The Balaban J connectivity index is 1.56. The molecule has 4 aromatic rings. The van der Waals surface area contributed by atoms with Crippen LogP contribution in [-0.2, 0) is 4.74 Å². The molecule has 7 nitrogen and oxygen atoms in total. The maximum Gasteiger partial charge on any atom is 0.344 e. The number of hydrogen-bond donors (Lipinski definition) is 0. The van der Waals surface area contributed by atoms with Gasteiger partial charge in [-0.1, -0.05) is 19.1 Å². The van der Waals surface area contributed by atoms with Gasteiger partial charge in [0.15, 0.2) is 0 Å². The Bertz CT molecular complexity index is 1460. The lowest BCUT2D eigenvalue weighted by Crippen LogP contribution is -2.10. The highest BCUT2D eigenvalue weighted by atomic mass is 79.9. The third-order valence-electron chi connectivity index (χ3n) is 5.04. The summed E-state index contributed by atoms with van der Waals surface area (Å²) >= 11 is 3.33. The SMILES string of the molecule is CCCOC(=O)c1ccc(Oc2c(C)oc3cc(OC(=O)c4ccccc4Br)ccc3c2=O)cc1. The van der Waals surface area contributed by atoms with Crippen LogP contribution in [0.4, 0.5) is 0 Å². The minimum Gasteiger partial charge on any atom is -0.462 e. The van der Waals surface area contributed by atoms with Crippen LogP contribution in [0, 0.1) is 6.92 Å². The molecule has 1 heterocycles. The van der Waals surface area contributed by atoms with Crippen molar-refractivity contribution in [3.63, 3.8) is 0 Å². The molecule has 4 rings (SSSR count). The van der Waals surface area contributed by atoms with Crippen LogP contribution in [0.1, 0.15) is 39.8 Å². The highest BCUT2D eigenvalue weighted by Gasteiger charge is 2.17. The standard InChI is InChI=1S/C27H21BrO7/c1-3-14-32-26(30)17-8-10-18(11-9-17)34-25-16(2)33-23-15-19(12-13-21(23)24(25)29)35-27(31)20-6-4-5-7-22(20)28/h4-13,15H,3,14H2,1-2H3. The molecule has 0 spiro atoms. The minimum absolute atomic E-state index is 0.0248. The fourth-order valence-corrected chi connectivity index (χ4v) is 3.74. The fourth-order valence-electron chi connectivity index (χ4n) is 3.29. The summed E-state index contributed by atoms with van der Waals surface area (Å²) in [6.45, 7) is 3.87. The van der Waals surface area contributed by atoms with Gasteiger partial charge in [-0.2, -0.15) is 0 Å². The van der Waals surface area contributed by atoms with Crippen LogP contribution >= 0.6 is 15.9 Å². The van der Waals surface area contributed by atoms with Crippen LogP contribution in [0.3, 0.4) is 0 Å². The second-order valence-corrected chi connectivity index (χ2v) is 8.46. The Morgan fingerprint density at radius 3 is 2.37 bits per heavy atom. The molecule has 3 aromatic carbocycles. The largest absolute Gasteiger partial charge is 0.462 e. The molecule has 8 heteroatoms. The maximum atomic E-state index is 13.1. The van der Waals surface area contributed by atoms with E-state index in [1.54, 1.807) is 55.5 Å². The van der Waals surface area contributed by atoms with Crippen LogP contribution in [0.2, 0.25) is 0 Å². The molecule has 0 radical (unpaired) electrons. The molecular weight excluding hydrogens is 516 g/mol. The summed E-state index contributed by atoms with van der Waals surface area (Å²) in [5.41, 5.74) is 0.640. The Labute approximate surface area is 209 Å². The zero-order valence-electron chi connectivity index (χ0n) is 19.0. The third kappa shape index (κ3) is 5.44. The molecular formula is C27H21BrO7. The van der Waals surface area contributed by atoms with Gasteiger partial charge in [0.1, 0.15) is 22.8 Å². The van der Waals surface area contributed by atoms with Gasteiger partial charge in [-0.15, -0.1) is 0 Å². The van der Waals surface area contributed by atoms with E-state index < -0.39 is 11.9 Å². The van der Waals surface area contributed by atoms with E-state index in [4.69, 9.17) is 18.6 Å². The van der Waals surface area contributed by atoms with Crippen LogP contribution in [-0.4, -0.2) is 18.5 Å². The van der Waals surface area contributed by atoms with E-state index in [9.17, 15) is 14.4 Å². The molecule has 0 fully saturated rings. The average molecular weight is 537 g/mol. The first kappa shape index (κ1) is 24.2. The van der Waals surface area contributed by atoms with Gasteiger partial charge in [0, 0.05) is 10.5 Å². The van der Waals surface area contributed by atoms with Crippen LogP contribution < -0.4 is 14.9 Å². The number of ether oxygens (including phenoxy) is 3. The summed E-state index contributed by atoms with van der Waals surface area (Å²) in [5, 5.41) is 0.269. The second-order valence-electron chi connectivity index (χ2n) is 7.61. The number of benzene rings is 3. The maximum absolute atomic E-state index is 13.1. The van der Waals surface area contributed by atoms with E-state index in [-0.39, 0.29) is 33.7 Å². The number of carbonyl (C=O) groups excluding carboxylic acids is 2. The summed E-state index contributed by atoms with van der Waals surface area (Å²) < 4.78 is 22.8. The van der Waals surface area contributed by atoms with Crippen molar-refractivity contribution in [2.75, 3.05) is 6.61 Å². The number of rotatable bonds is 7. The molecule has 0 saturated carbocycles. The van der Waals surface area contributed by atoms with Gasteiger partial charge < -0.3 is 18.6 Å². The predicted octanol–water partition coefficient (Wildman–Crippen LogP) is 6.44. The van der Waals surface area contributed by atoms with Crippen molar-refractivity contribution < 1.29 is 28.2 Å². The van der Waals surface area contributed by atoms with Crippen molar-refractivity contribution in [1.82, 2.24) is 0 Å². The van der Waals surface area contributed by atoms with E-state index in [1.807, 2.05) is 6.92 Å². The molecule has 0 aliphatic heterocycles. The molecule has 0 amide bonds. The lowest BCUT2D eigenvalue weighted by Gasteiger charge is -2.10. The fraction of sp³-hybridized carbons (Fsp3) is 0.148. The lowest BCUT2D eigenvalue weighted by molar-refractivity contribution is 0.0504.